The van der Waals surface area contributed by atoms with Gasteiger partial charge < -0.3 is 0 Å². The van der Waals surface area contributed by atoms with E-state index in [1.165, 1.54) is 12.1 Å². The summed E-state index contributed by atoms with van der Waals surface area (Å²) in [5.74, 6) is -9.86. The first-order valence-electron chi connectivity index (χ1n) is 11.5. The molecule has 0 bridgehead atoms. The molecule has 0 nitrogen and oxygen atoms in total. The average Bonchev–Trinajstić information content (AvgIpc) is 2.96. The minimum Gasteiger partial charge on any atom is -0.203 e. The number of rotatable bonds is 5. The zero-order valence-corrected chi connectivity index (χ0v) is 19.4. The van der Waals surface area contributed by atoms with E-state index in [4.69, 9.17) is 0 Å². The molecule has 0 N–H and O–H groups in total. The summed E-state index contributed by atoms with van der Waals surface area (Å²) >= 11 is 0. The highest BCUT2D eigenvalue weighted by molar-refractivity contribution is 6.04. The molecular formula is C32H19F5. The summed E-state index contributed by atoms with van der Waals surface area (Å²) < 4.78 is 70.1. The van der Waals surface area contributed by atoms with Crippen LogP contribution in [0.1, 0.15) is 22.3 Å². The van der Waals surface area contributed by atoms with Crippen molar-refractivity contribution in [1.29, 1.82) is 0 Å². The molecule has 0 aliphatic carbocycles. The van der Waals surface area contributed by atoms with Crippen LogP contribution in [0.2, 0.25) is 0 Å². The Bertz CT molecular complexity index is 1500. The Morgan fingerprint density at radius 1 is 0.324 bits per heavy atom. The molecule has 5 rings (SSSR count). The fourth-order valence-electron chi connectivity index (χ4n) is 4.39. The van der Waals surface area contributed by atoms with E-state index in [0.717, 1.165) is 27.8 Å². The predicted molar refractivity (Wildman–Crippen MR) is 136 cm³/mol. The molecule has 5 aromatic carbocycles. The number of hydrogen-bond acceptors (Lipinski definition) is 0. The van der Waals surface area contributed by atoms with Crippen molar-refractivity contribution in [3.05, 3.63) is 167 Å². The molecule has 5 heteroatoms. The van der Waals surface area contributed by atoms with Crippen LogP contribution < -0.4 is 0 Å². The van der Waals surface area contributed by atoms with Crippen molar-refractivity contribution < 1.29 is 22.0 Å². The first-order chi connectivity index (χ1) is 18.0. The third-order valence-corrected chi connectivity index (χ3v) is 6.11. The Morgan fingerprint density at radius 3 is 0.973 bits per heavy atom. The lowest BCUT2D eigenvalue weighted by atomic mass is 9.85. The molecule has 0 aliphatic heterocycles. The van der Waals surface area contributed by atoms with Crippen LogP contribution in [-0.2, 0) is 0 Å². The van der Waals surface area contributed by atoms with Crippen LogP contribution in [0.4, 0.5) is 22.0 Å². The van der Waals surface area contributed by atoms with Gasteiger partial charge in [0.2, 0.25) is 5.82 Å². The molecule has 0 aromatic heterocycles. The maximum Gasteiger partial charge on any atom is 0.200 e. The van der Waals surface area contributed by atoms with E-state index in [0.29, 0.717) is 5.56 Å². The monoisotopic (exact) mass is 498 g/mol. The minimum absolute atomic E-state index is 0.120. The molecular weight excluding hydrogens is 479 g/mol. The van der Waals surface area contributed by atoms with Gasteiger partial charge in [-0.15, -0.1) is 0 Å². The number of benzene rings is 5. The summed E-state index contributed by atoms with van der Waals surface area (Å²) in [7, 11) is 0. The van der Waals surface area contributed by atoms with E-state index in [-0.39, 0.29) is 5.56 Å². The number of halogens is 5. The van der Waals surface area contributed by atoms with Gasteiger partial charge in [-0.05, 0) is 39.0 Å². The minimum atomic E-state index is -2.18. The molecule has 182 valence electrons. The molecule has 0 amide bonds. The van der Waals surface area contributed by atoms with Gasteiger partial charge in [0.15, 0.2) is 23.3 Å². The van der Waals surface area contributed by atoms with Crippen LogP contribution in [0.5, 0.6) is 0 Å². The molecule has 0 atom stereocenters. The molecule has 0 unspecified atom stereocenters. The van der Waals surface area contributed by atoms with Crippen LogP contribution in [0.15, 0.2) is 115 Å². The average molecular weight is 498 g/mol. The van der Waals surface area contributed by atoms with Gasteiger partial charge in [-0.1, -0.05) is 115 Å². The lowest BCUT2D eigenvalue weighted by Gasteiger charge is -2.18. The van der Waals surface area contributed by atoms with Crippen LogP contribution >= 0.6 is 0 Å². The van der Waals surface area contributed by atoms with E-state index >= 15 is 0 Å². The first-order valence-corrected chi connectivity index (χ1v) is 11.5. The first kappa shape index (κ1) is 24.2. The van der Waals surface area contributed by atoms with E-state index in [1.54, 1.807) is 12.1 Å². The second kappa shape index (κ2) is 10.2. The normalized spacial score (nSPS) is 10.8. The van der Waals surface area contributed by atoms with Crippen LogP contribution in [0.3, 0.4) is 0 Å². The maximum absolute atomic E-state index is 14.5. The third-order valence-electron chi connectivity index (χ3n) is 6.11. The quantitative estimate of drug-likeness (QED) is 0.0981. The molecule has 5 aromatic rings. The van der Waals surface area contributed by atoms with Gasteiger partial charge in [0.05, 0.1) is 5.56 Å². The SMILES string of the molecule is Fc1c(F)c(F)c(-c2ccc(C(=C(c3ccccc3)c3ccccc3)c3ccccc3)cc2)c(F)c1F. The van der Waals surface area contributed by atoms with Crippen LogP contribution in [0.25, 0.3) is 22.3 Å². The summed E-state index contributed by atoms with van der Waals surface area (Å²) in [4.78, 5) is 0. The van der Waals surface area contributed by atoms with E-state index in [9.17, 15) is 22.0 Å². The Labute approximate surface area is 211 Å². The Balaban J connectivity index is 1.76. The molecule has 0 radical (unpaired) electrons. The second-order valence-electron chi connectivity index (χ2n) is 8.37. The smallest absolute Gasteiger partial charge is 0.200 e. The Hall–Kier alpha value is -4.51. The van der Waals surface area contributed by atoms with Crippen molar-refractivity contribution >= 4 is 11.1 Å². The highest BCUT2D eigenvalue weighted by Crippen LogP contribution is 2.38. The fourth-order valence-corrected chi connectivity index (χ4v) is 4.39. The highest BCUT2D eigenvalue weighted by Gasteiger charge is 2.26. The van der Waals surface area contributed by atoms with Gasteiger partial charge in [0, 0.05) is 0 Å². The lowest BCUT2D eigenvalue weighted by Crippen LogP contribution is -2.04. The summed E-state index contributed by atoms with van der Waals surface area (Å²) in [5, 5.41) is 0. The molecule has 37 heavy (non-hydrogen) atoms. The van der Waals surface area contributed by atoms with Crippen molar-refractivity contribution in [3.63, 3.8) is 0 Å². The molecule has 0 saturated carbocycles. The summed E-state index contributed by atoms with van der Waals surface area (Å²) in [6, 6.07) is 35.2. The zero-order chi connectivity index (χ0) is 25.9. The van der Waals surface area contributed by atoms with Gasteiger partial charge in [0.1, 0.15) is 0 Å². The zero-order valence-electron chi connectivity index (χ0n) is 19.4. The van der Waals surface area contributed by atoms with Gasteiger partial charge in [-0.3, -0.25) is 0 Å². The van der Waals surface area contributed by atoms with Crippen molar-refractivity contribution in [3.8, 4) is 11.1 Å². The molecule has 0 spiro atoms. The van der Waals surface area contributed by atoms with Crippen molar-refractivity contribution in [2.75, 3.05) is 0 Å². The van der Waals surface area contributed by atoms with Crippen molar-refractivity contribution in [2.45, 2.75) is 0 Å². The summed E-state index contributed by atoms with van der Waals surface area (Å²) in [6.45, 7) is 0. The predicted octanol–water partition coefficient (Wildman–Crippen LogP) is 9.06. The molecule has 0 aliphatic rings. The van der Waals surface area contributed by atoms with Gasteiger partial charge in [-0.2, -0.15) is 0 Å². The third kappa shape index (κ3) is 4.56. The van der Waals surface area contributed by atoms with Crippen molar-refractivity contribution in [1.82, 2.24) is 0 Å². The second-order valence-corrected chi connectivity index (χ2v) is 8.37. The summed E-state index contributed by atoms with van der Waals surface area (Å²) in [5.41, 5.74) is 4.21. The fraction of sp³-hybridized carbons (Fsp3) is 0. The van der Waals surface area contributed by atoms with Gasteiger partial charge in [0.25, 0.3) is 0 Å². The van der Waals surface area contributed by atoms with E-state index < -0.39 is 34.6 Å². The molecule has 0 heterocycles. The lowest BCUT2D eigenvalue weighted by molar-refractivity contribution is 0.381. The van der Waals surface area contributed by atoms with E-state index in [2.05, 4.69) is 0 Å². The molecule has 0 fully saturated rings. The topological polar surface area (TPSA) is 0 Å². The Kier molecular flexibility index (Phi) is 6.69. The standard InChI is InChI=1S/C32H19F5/c33-28-27(29(34)31(36)32(37)30(28)35)24-18-16-23(17-19-24)26(22-14-8-3-9-15-22)25(20-10-4-1-5-11-20)21-12-6-2-7-13-21/h1-19H. The highest BCUT2D eigenvalue weighted by atomic mass is 19.2. The van der Waals surface area contributed by atoms with Gasteiger partial charge in [-0.25, -0.2) is 22.0 Å². The van der Waals surface area contributed by atoms with Crippen LogP contribution in [-0.4, -0.2) is 0 Å². The van der Waals surface area contributed by atoms with E-state index in [1.807, 2.05) is 91.0 Å². The molecule has 0 saturated heterocycles. The van der Waals surface area contributed by atoms with Gasteiger partial charge >= 0.3 is 0 Å². The largest absolute Gasteiger partial charge is 0.203 e. The Morgan fingerprint density at radius 2 is 0.622 bits per heavy atom. The van der Waals surface area contributed by atoms with Crippen LogP contribution in [0, 0.1) is 29.1 Å². The van der Waals surface area contributed by atoms with Crippen molar-refractivity contribution in [2.24, 2.45) is 0 Å². The maximum atomic E-state index is 14.5. The number of hydrogen-bond donors (Lipinski definition) is 0. The summed E-state index contributed by atoms with van der Waals surface area (Å²) in [6.07, 6.45) is 0.